The fourth-order valence-electron chi connectivity index (χ4n) is 3.39. The Balaban J connectivity index is 1.56. The van der Waals surface area contributed by atoms with E-state index in [-0.39, 0.29) is 35.9 Å². The Morgan fingerprint density at radius 3 is 2.33 bits per heavy atom. The van der Waals surface area contributed by atoms with Crippen molar-refractivity contribution in [2.24, 2.45) is 0 Å². The van der Waals surface area contributed by atoms with Crippen molar-refractivity contribution in [1.29, 1.82) is 0 Å². The second-order valence-corrected chi connectivity index (χ2v) is 6.42. The zero-order valence-corrected chi connectivity index (χ0v) is 14.3. The van der Waals surface area contributed by atoms with E-state index in [0.717, 1.165) is 0 Å². The summed E-state index contributed by atoms with van der Waals surface area (Å²) in [5, 5.41) is 21.3. The van der Waals surface area contributed by atoms with Crippen molar-refractivity contribution in [3.63, 3.8) is 0 Å². The highest BCUT2D eigenvalue weighted by molar-refractivity contribution is 6.58. The van der Waals surface area contributed by atoms with E-state index in [1.807, 2.05) is 0 Å². The van der Waals surface area contributed by atoms with Gasteiger partial charge in [-0.1, -0.05) is 12.1 Å². The van der Waals surface area contributed by atoms with Crippen LogP contribution in [0.4, 0.5) is 5.95 Å². The molecule has 2 atom stereocenters. The predicted octanol–water partition coefficient (Wildman–Crippen LogP) is -0.978. The third-order valence-electron chi connectivity index (χ3n) is 4.76. The average molecular weight is 368 g/mol. The SMILES string of the molecule is O=C1c2ccccc2C(=O)N1[C@H]1CCOCC1Nc1ncc(B(O)O)cn1. The molecule has 1 fully saturated rings. The van der Waals surface area contributed by atoms with Crippen LogP contribution in [-0.2, 0) is 4.74 Å². The number of imide groups is 1. The van der Waals surface area contributed by atoms with E-state index in [2.05, 4.69) is 15.3 Å². The number of carbonyl (C=O) groups is 2. The maximum atomic E-state index is 12.8. The third kappa shape index (κ3) is 3.18. The molecule has 0 aliphatic carbocycles. The van der Waals surface area contributed by atoms with Gasteiger partial charge in [0.2, 0.25) is 5.95 Å². The van der Waals surface area contributed by atoms with Gasteiger partial charge in [-0.3, -0.25) is 14.5 Å². The Hall–Kier alpha value is -2.82. The molecule has 1 aromatic heterocycles. The largest absolute Gasteiger partial charge is 0.491 e. The molecular weight excluding hydrogens is 351 g/mol. The lowest BCUT2D eigenvalue weighted by Crippen LogP contribution is -2.54. The molecule has 9 nitrogen and oxygen atoms in total. The Bertz CT molecular complexity index is 841. The number of benzene rings is 1. The van der Waals surface area contributed by atoms with Gasteiger partial charge in [0.1, 0.15) is 0 Å². The first-order chi connectivity index (χ1) is 13.1. The molecule has 1 unspecified atom stereocenters. The summed E-state index contributed by atoms with van der Waals surface area (Å²) in [4.78, 5) is 34.9. The zero-order valence-electron chi connectivity index (χ0n) is 14.3. The molecule has 4 rings (SSSR count). The lowest BCUT2D eigenvalue weighted by Gasteiger charge is -2.36. The minimum absolute atomic E-state index is 0.164. The molecule has 2 aromatic rings. The van der Waals surface area contributed by atoms with Gasteiger partial charge in [0, 0.05) is 24.5 Å². The molecule has 0 radical (unpaired) electrons. The first-order valence-corrected chi connectivity index (χ1v) is 8.55. The van der Waals surface area contributed by atoms with E-state index in [0.29, 0.717) is 24.2 Å². The molecule has 1 aromatic carbocycles. The molecule has 2 aliphatic rings. The van der Waals surface area contributed by atoms with Crippen molar-refractivity contribution < 1.29 is 24.4 Å². The maximum Gasteiger partial charge on any atom is 0.491 e. The van der Waals surface area contributed by atoms with E-state index in [9.17, 15) is 9.59 Å². The quantitative estimate of drug-likeness (QED) is 0.465. The number of carbonyl (C=O) groups excluding carboxylic acids is 2. The first kappa shape index (κ1) is 17.6. The van der Waals surface area contributed by atoms with Crippen molar-refractivity contribution in [2.75, 3.05) is 18.5 Å². The fraction of sp³-hybridized carbons (Fsp3) is 0.294. The molecule has 27 heavy (non-hydrogen) atoms. The summed E-state index contributed by atoms with van der Waals surface area (Å²) < 4.78 is 5.51. The highest BCUT2D eigenvalue weighted by atomic mass is 16.5. The van der Waals surface area contributed by atoms with Crippen LogP contribution in [-0.4, -0.2) is 69.1 Å². The second kappa shape index (κ2) is 7.07. The van der Waals surface area contributed by atoms with Crippen LogP contribution in [0.25, 0.3) is 0 Å². The van der Waals surface area contributed by atoms with Crippen LogP contribution in [0.15, 0.2) is 36.7 Å². The minimum atomic E-state index is -1.65. The smallest absolute Gasteiger partial charge is 0.423 e. The molecular formula is C17H17BN4O5. The number of nitrogens with one attached hydrogen (secondary N) is 1. The Kier molecular flexibility index (Phi) is 4.60. The molecule has 0 bridgehead atoms. The van der Waals surface area contributed by atoms with Crippen LogP contribution in [0.5, 0.6) is 0 Å². The highest BCUT2D eigenvalue weighted by Crippen LogP contribution is 2.28. The Morgan fingerprint density at radius 1 is 1.11 bits per heavy atom. The van der Waals surface area contributed by atoms with Gasteiger partial charge < -0.3 is 20.1 Å². The third-order valence-corrected chi connectivity index (χ3v) is 4.76. The van der Waals surface area contributed by atoms with Gasteiger partial charge in [0.25, 0.3) is 11.8 Å². The van der Waals surface area contributed by atoms with Crippen molar-refractivity contribution in [1.82, 2.24) is 14.9 Å². The average Bonchev–Trinajstić information content (AvgIpc) is 2.94. The highest BCUT2D eigenvalue weighted by Gasteiger charge is 2.43. The van der Waals surface area contributed by atoms with Gasteiger partial charge in [-0.2, -0.15) is 0 Å². The van der Waals surface area contributed by atoms with Crippen LogP contribution in [0, 0.1) is 0 Å². The Labute approximate surface area is 155 Å². The summed E-state index contributed by atoms with van der Waals surface area (Å²) in [6.07, 6.45) is 3.08. The molecule has 0 saturated carbocycles. The molecule has 3 heterocycles. The zero-order chi connectivity index (χ0) is 19.0. The van der Waals surface area contributed by atoms with Crippen LogP contribution >= 0.6 is 0 Å². The number of ether oxygens (including phenoxy) is 1. The lowest BCUT2D eigenvalue weighted by molar-refractivity contribution is 0.0233. The number of rotatable bonds is 4. The summed E-state index contributed by atoms with van der Waals surface area (Å²) >= 11 is 0. The molecule has 2 amide bonds. The van der Waals surface area contributed by atoms with Crippen LogP contribution in [0.3, 0.4) is 0 Å². The van der Waals surface area contributed by atoms with E-state index < -0.39 is 13.2 Å². The summed E-state index contributed by atoms with van der Waals surface area (Å²) in [5.41, 5.74) is 0.980. The van der Waals surface area contributed by atoms with Gasteiger partial charge in [-0.25, -0.2) is 9.97 Å². The van der Waals surface area contributed by atoms with Crippen LogP contribution in [0.1, 0.15) is 27.1 Å². The van der Waals surface area contributed by atoms with E-state index >= 15 is 0 Å². The molecule has 3 N–H and O–H groups in total. The lowest BCUT2D eigenvalue weighted by atomic mass is 9.83. The van der Waals surface area contributed by atoms with Crippen molar-refractivity contribution in [3.8, 4) is 0 Å². The number of anilines is 1. The summed E-state index contributed by atoms with van der Waals surface area (Å²) in [6, 6.07) is 5.98. The minimum Gasteiger partial charge on any atom is -0.423 e. The number of fused-ring (bicyclic) bond motifs is 1. The number of nitrogens with zero attached hydrogens (tertiary/aromatic N) is 3. The monoisotopic (exact) mass is 368 g/mol. The molecule has 2 aliphatic heterocycles. The van der Waals surface area contributed by atoms with Crippen molar-refractivity contribution in [2.45, 2.75) is 18.5 Å². The normalized spacial score (nSPS) is 21.9. The van der Waals surface area contributed by atoms with Crippen LogP contribution in [0.2, 0.25) is 0 Å². The van der Waals surface area contributed by atoms with E-state index in [4.69, 9.17) is 14.8 Å². The molecule has 0 spiro atoms. The summed E-state index contributed by atoms with van der Waals surface area (Å²) in [7, 11) is -1.65. The standard InChI is InChI=1S/C17H17BN4O5/c23-15-11-3-1-2-4-12(11)16(24)22(15)14-5-6-27-9-13(14)21-17-19-7-10(8-20-17)18(25)26/h1-4,7-8,13-14,25-26H,5-6,9H2,(H,19,20,21)/t13?,14-/m0/s1. The second-order valence-electron chi connectivity index (χ2n) is 6.42. The van der Waals surface area contributed by atoms with Gasteiger partial charge >= 0.3 is 7.12 Å². The summed E-state index contributed by atoms with van der Waals surface area (Å²) in [6.45, 7) is 0.721. The predicted molar refractivity (Wildman–Crippen MR) is 95.4 cm³/mol. The number of hydrogen-bond donors (Lipinski definition) is 3. The number of amides is 2. The molecule has 10 heteroatoms. The topological polar surface area (TPSA) is 125 Å². The maximum absolute atomic E-state index is 12.8. The fourth-order valence-corrected chi connectivity index (χ4v) is 3.39. The first-order valence-electron chi connectivity index (χ1n) is 8.55. The van der Waals surface area contributed by atoms with Gasteiger partial charge in [0.15, 0.2) is 0 Å². The van der Waals surface area contributed by atoms with Gasteiger partial charge in [0.05, 0.1) is 29.8 Å². The summed E-state index contributed by atoms with van der Waals surface area (Å²) in [5.74, 6) is -0.376. The van der Waals surface area contributed by atoms with Gasteiger partial charge in [-0.15, -0.1) is 0 Å². The van der Waals surface area contributed by atoms with E-state index in [1.54, 1.807) is 24.3 Å². The molecule has 1 saturated heterocycles. The van der Waals surface area contributed by atoms with Crippen molar-refractivity contribution >= 4 is 30.3 Å². The van der Waals surface area contributed by atoms with E-state index in [1.165, 1.54) is 17.3 Å². The number of aromatic nitrogens is 2. The van der Waals surface area contributed by atoms with Gasteiger partial charge in [-0.05, 0) is 18.6 Å². The van der Waals surface area contributed by atoms with Crippen molar-refractivity contribution in [3.05, 3.63) is 47.8 Å². The Morgan fingerprint density at radius 2 is 1.74 bits per heavy atom. The van der Waals surface area contributed by atoms with Crippen LogP contribution < -0.4 is 10.8 Å². The number of hydrogen-bond acceptors (Lipinski definition) is 8. The molecule has 138 valence electrons.